The predicted octanol–water partition coefficient (Wildman–Crippen LogP) is 5.27. The molecule has 1 heterocycles. The van der Waals surface area contributed by atoms with Crippen LogP contribution in [0.5, 0.6) is 0 Å². The lowest BCUT2D eigenvalue weighted by Gasteiger charge is -2.14. The minimum Gasteiger partial charge on any atom is -0.262 e. The van der Waals surface area contributed by atoms with Crippen LogP contribution in [0.25, 0.3) is 16.9 Å². The standard InChI is InChI=1S/C24H23N3O2S/c1-17-14-18(2)24(19(3)15-17)27-22(20-10-6-4-7-11-20)16-23(25-27)26-30(28,29)21-12-8-5-9-13-21/h4-16H,1-3H3,(H,25,26). The maximum atomic E-state index is 12.8. The fourth-order valence-corrected chi connectivity index (χ4v) is 4.73. The molecule has 0 unspecified atom stereocenters. The fraction of sp³-hybridized carbons (Fsp3) is 0.125. The average molecular weight is 418 g/mol. The van der Waals surface area contributed by atoms with E-state index in [1.807, 2.05) is 48.9 Å². The van der Waals surface area contributed by atoms with Crippen molar-refractivity contribution in [2.45, 2.75) is 25.7 Å². The maximum Gasteiger partial charge on any atom is 0.263 e. The monoisotopic (exact) mass is 417 g/mol. The lowest BCUT2D eigenvalue weighted by Crippen LogP contribution is -2.13. The third kappa shape index (κ3) is 3.86. The molecule has 1 aromatic heterocycles. The Morgan fingerprint density at radius 2 is 1.37 bits per heavy atom. The molecule has 152 valence electrons. The Morgan fingerprint density at radius 1 is 0.800 bits per heavy atom. The van der Waals surface area contributed by atoms with Gasteiger partial charge in [0.2, 0.25) is 0 Å². The molecule has 30 heavy (non-hydrogen) atoms. The Labute approximate surface area is 177 Å². The van der Waals surface area contributed by atoms with Crippen molar-refractivity contribution in [3.63, 3.8) is 0 Å². The van der Waals surface area contributed by atoms with Crippen molar-refractivity contribution in [2.24, 2.45) is 0 Å². The number of nitrogens with zero attached hydrogens (tertiary/aromatic N) is 2. The van der Waals surface area contributed by atoms with Crippen LogP contribution < -0.4 is 4.72 Å². The van der Waals surface area contributed by atoms with Crippen molar-refractivity contribution < 1.29 is 8.42 Å². The van der Waals surface area contributed by atoms with Crippen LogP contribution in [0.15, 0.2) is 83.8 Å². The van der Waals surface area contributed by atoms with E-state index in [1.165, 1.54) is 5.56 Å². The van der Waals surface area contributed by atoms with Gasteiger partial charge in [0.25, 0.3) is 10.0 Å². The molecule has 5 nitrogen and oxygen atoms in total. The molecule has 0 amide bonds. The molecule has 0 fully saturated rings. The van der Waals surface area contributed by atoms with Gasteiger partial charge in [-0.1, -0.05) is 66.2 Å². The molecule has 3 aromatic carbocycles. The van der Waals surface area contributed by atoms with E-state index in [2.05, 4.69) is 28.9 Å². The molecule has 4 rings (SSSR count). The zero-order valence-corrected chi connectivity index (χ0v) is 17.9. The second-order valence-electron chi connectivity index (χ2n) is 7.36. The third-order valence-corrected chi connectivity index (χ3v) is 6.29. The van der Waals surface area contributed by atoms with Crippen molar-refractivity contribution in [3.05, 3.63) is 95.6 Å². The fourth-order valence-electron chi connectivity index (χ4n) is 3.72. The molecule has 0 aliphatic rings. The summed E-state index contributed by atoms with van der Waals surface area (Å²) in [5, 5.41) is 4.65. The van der Waals surface area contributed by atoms with Crippen molar-refractivity contribution in [1.29, 1.82) is 0 Å². The maximum absolute atomic E-state index is 12.8. The van der Waals surface area contributed by atoms with E-state index in [1.54, 1.807) is 36.4 Å². The van der Waals surface area contributed by atoms with Gasteiger partial charge in [-0.05, 0) is 44.0 Å². The van der Waals surface area contributed by atoms with E-state index in [9.17, 15) is 8.42 Å². The third-order valence-electron chi connectivity index (χ3n) is 4.92. The SMILES string of the molecule is Cc1cc(C)c(-n2nc(NS(=O)(=O)c3ccccc3)cc2-c2ccccc2)c(C)c1. The summed E-state index contributed by atoms with van der Waals surface area (Å²) < 4.78 is 30.1. The van der Waals surface area contributed by atoms with Crippen LogP contribution in [0.3, 0.4) is 0 Å². The molecule has 6 heteroatoms. The topological polar surface area (TPSA) is 64.0 Å². The number of aromatic nitrogens is 2. The van der Waals surface area contributed by atoms with E-state index in [0.29, 0.717) is 0 Å². The number of nitrogens with one attached hydrogen (secondary N) is 1. The summed E-state index contributed by atoms with van der Waals surface area (Å²) in [5.74, 6) is 0.275. The van der Waals surface area contributed by atoms with Crippen molar-refractivity contribution in [1.82, 2.24) is 9.78 Å². The summed E-state index contributed by atoms with van der Waals surface area (Å²) in [5.41, 5.74) is 6.04. The minimum atomic E-state index is -3.73. The van der Waals surface area contributed by atoms with Gasteiger partial charge in [-0.2, -0.15) is 0 Å². The van der Waals surface area contributed by atoms with Crippen LogP contribution in [0, 0.1) is 20.8 Å². The summed E-state index contributed by atoms with van der Waals surface area (Å²) in [7, 11) is -3.73. The van der Waals surface area contributed by atoms with Crippen LogP contribution in [0.4, 0.5) is 5.82 Å². The Hall–Kier alpha value is -3.38. The summed E-state index contributed by atoms with van der Waals surface area (Å²) in [6.45, 7) is 6.14. The van der Waals surface area contributed by atoms with Crippen molar-refractivity contribution >= 4 is 15.8 Å². The van der Waals surface area contributed by atoms with Gasteiger partial charge in [-0.15, -0.1) is 5.10 Å². The number of benzene rings is 3. The van der Waals surface area contributed by atoms with Gasteiger partial charge >= 0.3 is 0 Å². The van der Waals surface area contributed by atoms with Gasteiger partial charge in [0.15, 0.2) is 5.82 Å². The van der Waals surface area contributed by atoms with Gasteiger partial charge < -0.3 is 0 Å². The van der Waals surface area contributed by atoms with Crippen LogP contribution in [-0.4, -0.2) is 18.2 Å². The molecule has 0 atom stereocenters. The Kier molecular flexibility index (Phi) is 5.18. The summed E-state index contributed by atoms with van der Waals surface area (Å²) >= 11 is 0. The quantitative estimate of drug-likeness (QED) is 0.481. The number of aryl methyl sites for hydroxylation is 3. The van der Waals surface area contributed by atoms with E-state index >= 15 is 0 Å². The Morgan fingerprint density at radius 3 is 1.97 bits per heavy atom. The normalized spacial score (nSPS) is 11.4. The van der Waals surface area contributed by atoms with Crippen LogP contribution in [0.1, 0.15) is 16.7 Å². The number of sulfonamides is 1. The number of rotatable bonds is 5. The van der Waals surface area contributed by atoms with E-state index < -0.39 is 10.0 Å². The number of anilines is 1. The highest BCUT2D eigenvalue weighted by molar-refractivity contribution is 7.92. The predicted molar refractivity (Wildman–Crippen MR) is 120 cm³/mol. The second kappa shape index (κ2) is 7.80. The van der Waals surface area contributed by atoms with Crippen LogP contribution >= 0.6 is 0 Å². The van der Waals surface area contributed by atoms with E-state index in [4.69, 9.17) is 0 Å². The number of hydrogen-bond acceptors (Lipinski definition) is 3. The highest BCUT2D eigenvalue weighted by Crippen LogP contribution is 2.30. The first-order chi connectivity index (χ1) is 14.3. The van der Waals surface area contributed by atoms with Gasteiger partial charge in [-0.25, -0.2) is 13.1 Å². The highest BCUT2D eigenvalue weighted by atomic mass is 32.2. The molecule has 0 aliphatic heterocycles. The summed E-state index contributed by atoms with van der Waals surface area (Å²) in [4.78, 5) is 0.198. The molecule has 0 aliphatic carbocycles. The van der Waals surface area contributed by atoms with Crippen LogP contribution in [0.2, 0.25) is 0 Å². The first kappa shape index (κ1) is 19.9. The lowest BCUT2D eigenvalue weighted by molar-refractivity contribution is 0.601. The molecular formula is C24H23N3O2S. The zero-order chi connectivity index (χ0) is 21.3. The average Bonchev–Trinajstić information content (AvgIpc) is 3.11. The molecule has 0 saturated heterocycles. The lowest BCUT2D eigenvalue weighted by atomic mass is 10.0. The van der Waals surface area contributed by atoms with E-state index in [0.717, 1.165) is 28.1 Å². The Balaban J connectivity index is 1.86. The largest absolute Gasteiger partial charge is 0.263 e. The van der Waals surface area contributed by atoms with Gasteiger partial charge in [-0.3, -0.25) is 4.72 Å². The second-order valence-corrected chi connectivity index (χ2v) is 9.04. The van der Waals surface area contributed by atoms with Crippen molar-refractivity contribution in [3.8, 4) is 16.9 Å². The van der Waals surface area contributed by atoms with Gasteiger partial charge in [0.05, 0.1) is 16.3 Å². The van der Waals surface area contributed by atoms with E-state index in [-0.39, 0.29) is 10.7 Å². The minimum absolute atomic E-state index is 0.198. The number of hydrogen-bond donors (Lipinski definition) is 1. The smallest absolute Gasteiger partial charge is 0.262 e. The molecule has 0 bridgehead atoms. The zero-order valence-electron chi connectivity index (χ0n) is 17.1. The summed E-state index contributed by atoms with van der Waals surface area (Å²) in [6, 6.07) is 24.1. The van der Waals surface area contributed by atoms with Gasteiger partial charge in [0, 0.05) is 11.6 Å². The van der Waals surface area contributed by atoms with Gasteiger partial charge in [0.1, 0.15) is 0 Å². The molecule has 0 saturated carbocycles. The molecular weight excluding hydrogens is 394 g/mol. The molecule has 1 N–H and O–H groups in total. The van der Waals surface area contributed by atoms with Crippen LogP contribution in [-0.2, 0) is 10.0 Å². The summed E-state index contributed by atoms with van der Waals surface area (Å²) in [6.07, 6.45) is 0. The molecule has 0 radical (unpaired) electrons. The first-order valence-electron chi connectivity index (χ1n) is 9.67. The molecule has 4 aromatic rings. The Bertz CT molecular complexity index is 1270. The first-order valence-corrected chi connectivity index (χ1v) is 11.1. The highest BCUT2D eigenvalue weighted by Gasteiger charge is 2.20. The van der Waals surface area contributed by atoms with Crippen molar-refractivity contribution in [2.75, 3.05) is 4.72 Å². The molecule has 0 spiro atoms.